The molecule has 5 aromatic rings. The Morgan fingerprint density at radius 2 is 1.76 bits per heavy atom. The van der Waals surface area contributed by atoms with E-state index in [9.17, 15) is 24.5 Å². The van der Waals surface area contributed by atoms with Crippen molar-refractivity contribution in [2.45, 2.75) is 24.5 Å². The third-order valence-corrected chi connectivity index (χ3v) is 7.54. The number of hydrogen-bond acceptors (Lipinski definition) is 8. The number of rotatable bonds is 6. The Hall–Kier alpha value is -3.66. The fourth-order valence-corrected chi connectivity index (χ4v) is 5.99. The number of benzene rings is 4. The molecule has 2 N–H and O–H groups in total. The predicted octanol–water partition coefficient (Wildman–Crippen LogP) is 2.64. The molecule has 1 aliphatic rings. The Balaban J connectivity index is 1.55. The van der Waals surface area contributed by atoms with Gasteiger partial charge in [0, 0.05) is 28.9 Å². The first-order valence-corrected chi connectivity index (χ1v) is 12.7. The molecule has 4 aromatic carbocycles. The maximum Gasteiger partial charge on any atom is 0.695 e. The molecule has 0 saturated carbocycles. The van der Waals surface area contributed by atoms with E-state index in [4.69, 9.17) is 9.26 Å². The summed E-state index contributed by atoms with van der Waals surface area (Å²) in [6, 6.07) is 18.6. The van der Waals surface area contributed by atoms with Gasteiger partial charge in [0.15, 0.2) is 12.3 Å². The van der Waals surface area contributed by atoms with E-state index in [1.165, 1.54) is 6.20 Å². The number of aliphatic hydroxyl groups excluding tert-OH is 1. The molecule has 6 rings (SSSR count). The lowest BCUT2D eigenvalue weighted by molar-refractivity contribution is -0.275. The Morgan fingerprint density at radius 3 is 2.43 bits per heavy atom. The van der Waals surface area contributed by atoms with Crippen molar-refractivity contribution in [3.8, 4) is 5.88 Å². The zero-order valence-corrected chi connectivity index (χ0v) is 20.5. The Kier molecular flexibility index (Phi) is 5.78. The van der Waals surface area contributed by atoms with Crippen LogP contribution in [0.15, 0.2) is 71.7 Å². The molecular weight excluding hydrogens is 497 g/mol. The van der Waals surface area contributed by atoms with Crippen LogP contribution >= 0.6 is 8.25 Å². The zero-order chi connectivity index (χ0) is 25.8. The third kappa shape index (κ3) is 3.81. The highest BCUT2D eigenvalue weighted by Crippen LogP contribution is 2.43. The normalized spacial score (nSPS) is 22.3. The second-order valence-corrected chi connectivity index (χ2v) is 9.74. The van der Waals surface area contributed by atoms with Gasteiger partial charge in [0.05, 0.1) is 6.61 Å². The van der Waals surface area contributed by atoms with Crippen molar-refractivity contribution in [3.63, 3.8) is 0 Å². The van der Waals surface area contributed by atoms with Crippen molar-refractivity contribution >= 4 is 46.3 Å². The summed E-state index contributed by atoms with van der Waals surface area (Å²) in [7, 11) is -1.28. The van der Waals surface area contributed by atoms with Gasteiger partial charge >= 0.3 is 13.9 Å². The average Bonchev–Trinajstić information content (AvgIpc) is 3.24. The summed E-state index contributed by atoms with van der Waals surface area (Å²) in [5.74, 6) is -0.694. The molecule has 1 saturated heterocycles. The van der Waals surface area contributed by atoms with Gasteiger partial charge in [-0.1, -0.05) is 48.5 Å². The highest BCUT2D eigenvalue weighted by molar-refractivity contribution is 7.32. The van der Waals surface area contributed by atoms with Crippen molar-refractivity contribution in [1.82, 2.24) is 9.55 Å². The summed E-state index contributed by atoms with van der Waals surface area (Å²) in [5.41, 5.74) is -0.0665. The molecular formula is C26H22N3O7P. The lowest BCUT2D eigenvalue weighted by atomic mass is 9.93. The van der Waals surface area contributed by atoms with Crippen LogP contribution in [0.25, 0.3) is 32.3 Å². The van der Waals surface area contributed by atoms with Crippen LogP contribution in [-0.2, 0) is 13.8 Å². The fourth-order valence-electron chi connectivity index (χ4n) is 5.52. The number of likely N-dealkylation sites (N-methyl/N-ethyl adjacent to an activating group) is 1. The molecule has 11 heteroatoms. The number of aromatic nitrogens is 2. The molecule has 0 radical (unpaired) electrons. The minimum absolute atomic E-state index is 0.519. The Bertz CT molecular complexity index is 1690. The molecule has 0 bridgehead atoms. The third-order valence-electron chi connectivity index (χ3n) is 7.11. The average molecular weight is 519 g/mol. The number of ether oxygens (including phenoxy) is 1. The molecule has 37 heavy (non-hydrogen) atoms. The van der Waals surface area contributed by atoms with Crippen molar-refractivity contribution in [2.75, 3.05) is 18.6 Å². The van der Waals surface area contributed by atoms with Gasteiger partial charge in [-0.3, -0.25) is 4.57 Å². The van der Waals surface area contributed by atoms with Gasteiger partial charge < -0.3 is 19.8 Å². The summed E-state index contributed by atoms with van der Waals surface area (Å²) in [4.78, 5) is 27.5. The van der Waals surface area contributed by atoms with Crippen molar-refractivity contribution in [2.24, 2.45) is 0 Å². The largest absolute Gasteiger partial charge is 0.858 e. The van der Waals surface area contributed by atoms with Crippen molar-refractivity contribution < 1.29 is 28.9 Å². The molecule has 0 aliphatic carbocycles. The van der Waals surface area contributed by atoms with Crippen LogP contribution in [0.5, 0.6) is 5.88 Å². The maximum absolute atomic E-state index is 12.6. The van der Waals surface area contributed by atoms with Crippen LogP contribution < -0.4 is 15.7 Å². The molecule has 1 aromatic heterocycles. The number of aliphatic hydroxyl groups is 1. The van der Waals surface area contributed by atoms with E-state index in [0.717, 1.165) is 48.6 Å². The van der Waals surface area contributed by atoms with Gasteiger partial charge in [-0.05, 0) is 44.9 Å². The van der Waals surface area contributed by atoms with E-state index in [2.05, 4.69) is 29.2 Å². The topological polar surface area (TPSA) is 137 Å². The standard InChI is InChI=1S/C26H22N3O7P/c1-28(18-10-8-16-6-5-14-3-2-4-15-7-9-17(18)22(16)21(14)15)23-24(36-37(33)34)19(13-30)35-25(23)29-12-11-20(31)27-26(29)32/h2-12,19,23-25,30H,13H2,1H3,(H-,27,31,32,33,34)/t19-,23-,24-,25-/m1/s1. The molecule has 5 atom stereocenters. The number of anilines is 1. The van der Waals surface area contributed by atoms with E-state index in [0.29, 0.717) is 0 Å². The van der Waals surface area contributed by atoms with Crippen LogP contribution in [0.3, 0.4) is 0 Å². The number of nitrogens with zero attached hydrogens (tertiary/aromatic N) is 3. The summed E-state index contributed by atoms with van der Waals surface area (Å²) in [5, 5.41) is 28.0. The second kappa shape index (κ2) is 9.02. The molecule has 10 nitrogen and oxygen atoms in total. The van der Waals surface area contributed by atoms with Gasteiger partial charge in [0.25, 0.3) is 0 Å². The molecule has 2 heterocycles. The Labute approximate surface area is 211 Å². The van der Waals surface area contributed by atoms with Crippen LogP contribution in [0, 0.1) is 0 Å². The molecule has 0 spiro atoms. The second-order valence-electron chi connectivity index (χ2n) is 9.05. The van der Waals surface area contributed by atoms with Crippen LogP contribution in [0.1, 0.15) is 6.23 Å². The SMILES string of the molecule is CN(c1ccc2ccc3cccc4ccc1c2c34)[C@@H]1[C@H](O[P+](=O)O)[C@@H](CO)O[C@H]1n1ccc([O-])nc1=O. The zero-order valence-electron chi connectivity index (χ0n) is 19.6. The minimum atomic E-state index is -3.05. The van der Waals surface area contributed by atoms with E-state index < -0.39 is 50.9 Å². The first-order chi connectivity index (χ1) is 17.9. The monoisotopic (exact) mass is 519 g/mol. The quantitative estimate of drug-likeness (QED) is 0.256. The van der Waals surface area contributed by atoms with Gasteiger partial charge in [-0.15, -0.1) is 9.42 Å². The van der Waals surface area contributed by atoms with E-state index in [1.54, 1.807) is 7.05 Å². The summed E-state index contributed by atoms with van der Waals surface area (Å²) >= 11 is 0. The molecule has 1 unspecified atom stereocenters. The first kappa shape index (κ1) is 23.7. The number of hydrogen-bond donors (Lipinski definition) is 2. The van der Waals surface area contributed by atoms with Gasteiger partial charge in [-0.25, -0.2) is 9.78 Å². The lowest BCUT2D eigenvalue weighted by Crippen LogP contribution is -2.47. The summed E-state index contributed by atoms with van der Waals surface area (Å²) in [6.07, 6.45) is -1.89. The van der Waals surface area contributed by atoms with Crippen LogP contribution in [0.2, 0.25) is 0 Å². The van der Waals surface area contributed by atoms with Crippen LogP contribution in [-0.4, -0.2) is 51.5 Å². The molecule has 0 amide bonds. The van der Waals surface area contributed by atoms with Gasteiger partial charge in [-0.2, -0.15) is 0 Å². The molecule has 1 aliphatic heterocycles. The Morgan fingerprint density at radius 1 is 1.08 bits per heavy atom. The minimum Gasteiger partial charge on any atom is -0.858 e. The van der Waals surface area contributed by atoms with Crippen LogP contribution in [0.4, 0.5) is 5.69 Å². The maximum atomic E-state index is 12.6. The highest BCUT2D eigenvalue weighted by atomic mass is 31.1. The molecule has 188 valence electrons. The molecule has 1 fully saturated rings. The fraction of sp³-hybridized carbons (Fsp3) is 0.231. The van der Waals surface area contributed by atoms with E-state index >= 15 is 0 Å². The van der Waals surface area contributed by atoms with E-state index in [1.807, 2.05) is 35.2 Å². The van der Waals surface area contributed by atoms with Gasteiger partial charge in [0.2, 0.25) is 0 Å². The smallest absolute Gasteiger partial charge is 0.695 e. The van der Waals surface area contributed by atoms with Crippen molar-refractivity contribution in [1.29, 1.82) is 0 Å². The van der Waals surface area contributed by atoms with E-state index in [-0.39, 0.29) is 0 Å². The van der Waals surface area contributed by atoms with Gasteiger partial charge in [0.1, 0.15) is 12.1 Å². The highest BCUT2D eigenvalue weighted by Gasteiger charge is 2.52. The summed E-state index contributed by atoms with van der Waals surface area (Å²) in [6.45, 7) is -0.519. The predicted molar refractivity (Wildman–Crippen MR) is 136 cm³/mol. The first-order valence-electron chi connectivity index (χ1n) is 11.6. The summed E-state index contributed by atoms with van der Waals surface area (Å²) < 4.78 is 24.2. The van der Waals surface area contributed by atoms with Crippen molar-refractivity contribution in [3.05, 3.63) is 77.3 Å². The lowest BCUT2D eigenvalue weighted by Gasteiger charge is -2.33.